The van der Waals surface area contributed by atoms with Crippen LogP contribution >= 0.6 is 0 Å². The van der Waals surface area contributed by atoms with Crippen LogP contribution in [-0.4, -0.2) is 19.1 Å². The van der Waals surface area contributed by atoms with Crippen molar-refractivity contribution >= 4 is 11.6 Å². The lowest BCUT2D eigenvalue weighted by Crippen LogP contribution is -2.39. The van der Waals surface area contributed by atoms with E-state index in [1.54, 1.807) is 0 Å². The third-order valence-electron chi connectivity index (χ3n) is 3.69. The molecule has 0 aromatic heterocycles. The number of rotatable bonds is 7. The quantitative estimate of drug-likeness (QED) is 0.779. The molecule has 0 fully saturated rings. The largest absolute Gasteiger partial charge is 0.482 e. The number of hydrogen-bond donors (Lipinski definition) is 1. The van der Waals surface area contributed by atoms with Crippen LogP contribution in [0.25, 0.3) is 0 Å². The predicted octanol–water partition coefficient (Wildman–Crippen LogP) is 2.84. The molecule has 2 rings (SSSR count). The minimum atomic E-state index is 0.0495. The number of nitrogens with two attached hydrogens (primary N) is 1. The molecule has 0 spiro atoms. The van der Waals surface area contributed by atoms with Crippen molar-refractivity contribution in [3.05, 3.63) is 23.8 Å². The molecule has 0 aliphatic carbocycles. The van der Waals surface area contributed by atoms with Gasteiger partial charge in [-0.1, -0.05) is 38.7 Å². The van der Waals surface area contributed by atoms with Gasteiger partial charge >= 0.3 is 0 Å². The van der Waals surface area contributed by atoms with Crippen molar-refractivity contribution in [2.75, 3.05) is 18.1 Å². The number of anilines is 1. The number of unbranched alkanes of at least 4 members (excludes halogenated alkanes) is 4. The van der Waals surface area contributed by atoms with Gasteiger partial charge in [0.15, 0.2) is 6.61 Å². The van der Waals surface area contributed by atoms with E-state index in [9.17, 15) is 4.79 Å². The fourth-order valence-corrected chi connectivity index (χ4v) is 2.49. The smallest absolute Gasteiger partial charge is 0.265 e. The van der Waals surface area contributed by atoms with E-state index in [2.05, 4.69) is 6.92 Å². The third-order valence-corrected chi connectivity index (χ3v) is 3.69. The molecule has 0 bridgehead atoms. The topological polar surface area (TPSA) is 55.6 Å². The molecule has 0 atom stereocenters. The van der Waals surface area contributed by atoms with E-state index in [4.69, 9.17) is 10.5 Å². The van der Waals surface area contributed by atoms with Crippen LogP contribution in [0.15, 0.2) is 18.2 Å². The van der Waals surface area contributed by atoms with Crippen LogP contribution in [0.3, 0.4) is 0 Å². The monoisotopic (exact) mass is 276 g/mol. The van der Waals surface area contributed by atoms with Crippen molar-refractivity contribution in [2.45, 2.75) is 45.6 Å². The van der Waals surface area contributed by atoms with Crippen LogP contribution in [0.2, 0.25) is 0 Å². The van der Waals surface area contributed by atoms with Crippen molar-refractivity contribution < 1.29 is 9.53 Å². The molecular formula is C16H24N2O2. The Balaban J connectivity index is 2.00. The lowest BCUT2D eigenvalue weighted by atomic mass is 10.1. The Labute approximate surface area is 120 Å². The number of benzene rings is 1. The van der Waals surface area contributed by atoms with E-state index in [-0.39, 0.29) is 12.5 Å². The number of nitrogens with zero attached hydrogens (tertiary/aromatic N) is 1. The minimum absolute atomic E-state index is 0.0495. The number of ether oxygens (including phenoxy) is 1. The molecule has 1 aliphatic rings. The summed E-state index contributed by atoms with van der Waals surface area (Å²) in [7, 11) is 0. The normalized spacial score (nSPS) is 14.1. The van der Waals surface area contributed by atoms with E-state index < -0.39 is 0 Å². The Bertz CT molecular complexity index is 460. The van der Waals surface area contributed by atoms with Gasteiger partial charge in [-0.2, -0.15) is 0 Å². The fraction of sp³-hybridized carbons (Fsp3) is 0.562. The summed E-state index contributed by atoms with van der Waals surface area (Å²) in [5, 5.41) is 0. The number of carbonyl (C=O) groups is 1. The first-order valence-electron chi connectivity index (χ1n) is 7.52. The van der Waals surface area contributed by atoms with E-state index in [0.717, 1.165) is 30.0 Å². The van der Waals surface area contributed by atoms with Gasteiger partial charge in [-0.15, -0.1) is 0 Å². The zero-order valence-corrected chi connectivity index (χ0v) is 12.2. The van der Waals surface area contributed by atoms with Crippen molar-refractivity contribution in [3.63, 3.8) is 0 Å². The standard InChI is InChI=1S/C16H24N2O2/c1-2-3-4-5-6-9-18-14-8-7-13(11-17)10-15(14)20-12-16(18)19/h7-8,10H,2-6,9,11-12,17H2,1H3. The van der Waals surface area contributed by atoms with Crippen LogP contribution in [0, 0.1) is 0 Å². The Morgan fingerprint density at radius 2 is 2.05 bits per heavy atom. The predicted molar refractivity (Wildman–Crippen MR) is 80.9 cm³/mol. The van der Waals surface area contributed by atoms with Crippen LogP contribution in [0.5, 0.6) is 5.75 Å². The van der Waals surface area contributed by atoms with E-state index >= 15 is 0 Å². The molecule has 110 valence electrons. The summed E-state index contributed by atoms with van der Waals surface area (Å²) in [5.74, 6) is 0.828. The second kappa shape index (κ2) is 7.29. The SMILES string of the molecule is CCCCCCCN1C(=O)COc2cc(CN)ccc21. The number of carbonyl (C=O) groups excluding carboxylic acids is 1. The summed E-state index contributed by atoms with van der Waals surface area (Å²) in [5.41, 5.74) is 7.55. The van der Waals surface area contributed by atoms with Gasteiger partial charge in [0.2, 0.25) is 0 Å². The first-order valence-corrected chi connectivity index (χ1v) is 7.52. The Kier molecular flexibility index (Phi) is 5.41. The van der Waals surface area contributed by atoms with Crippen molar-refractivity contribution in [3.8, 4) is 5.75 Å². The Morgan fingerprint density at radius 1 is 1.25 bits per heavy atom. The van der Waals surface area contributed by atoms with E-state index in [1.165, 1.54) is 25.7 Å². The number of fused-ring (bicyclic) bond motifs is 1. The highest BCUT2D eigenvalue weighted by Gasteiger charge is 2.24. The summed E-state index contributed by atoms with van der Waals surface area (Å²) in [6, 6.07) is 5.84. The Morgan fingerprint density at radius 3 is 2.80 bits per heavy atom. The van der Waals surface area contributed by atoms with E-state index in [0.29, 0.717) is 6.54 Å². The van der Waals surface area contributed by atoms with Crippen molar-refractivity contribution in [2.24, 2.45) is 5.73 Å². The van der Waals surface area contributed by atoms with Crippen molar-refractivity contribution in [1.82, 2.24) is 0 Å². The number of hydrogen-bond acceptors (Lipinski definition) is 3. The fourth-order valence-electron chi connectivity index (χ4n) is 2.49. The molecule has 0 saturated heterocycles. The van der Waals surface area contributed by atoms with Gasteiger partial charge in [-0.05, 0) is 24.1 Å². The lowest BCUT2D eigenvalue weighted by Gasteiger charge is -2.29. The molecule has 1 heterocycles. The molecule has 2 N–H and O–H groups in total. The van der Waals surface area contributed by atoms with Gasteiger partial charge in [0, 0.05) is 13.1 Å². The molecule has 20 heavy (non-hydrogen) atoms. The molecular weight excluding hydrogens is 252 g/mol. The van der Waals surface area contributed by atoms with Gasteiger partial charge in [0.05, 0.1) is 5.69 Å². The highest BCUT2D eigenvalue weighted by molar-refractivity contribution is 5.97. The summed E-state index contributed by atoms with van der Waals surface area (Å²) in [6.07, 6.45) is 5.97. The molecule has 4 heteroatoms. The highest BCUT2D eigenvalue weighted by Crippen LogP contribution is 2.33. The van der Waals surface area contributed by atoms with Crippen LogP contribution in [0.1, 0.15) is 44.6 Å². The molecule has 0 saturated carbocycles. The zero-order valence-electron chi connectivity index (χ0n) is 12.2. The molecule has 1 amide bonds. The van der Waals surface area contributed by atoms with Gasteiger partial charge < -0.3 is 15.4 Å². The lowest BCUT2D eigenvalue weighted by molar-refractivity contribution is -0.121. The van der Waals surface area contributed by atoms with Crippen LogP contribution in [-0.2, 0) is 11.3 Å². The summed E-state index contributed by atoms with van der Waals surface area (Å²) >= 11 is 0. The summed E-state index contributed by atoms with van der Waals surface area (Å²) in [6.45, 7) is 3.61. The average Bonchev–Trinajstić information content (AvgIpc) is 2.48. The molecule has 0 radical (unpaired) electrons. The van der Waals surface area contributed by atoms with Gasteiger partial charge in [-0.3, -0.25) is 4.79 Å². The highest BCUT2D eigenvalue weighted by atomic mass is 16.5. The van der Waals surface area contributed by atoms with Crippen molar-refractivity contribution in [1.29, 1.82) is 0 Å². The first-order chi connectivity index (χ1) is 9.76. The summed E-state index contributed by atoms with van der Waals surface area (Å²) in [4.78, 5) is 13.9. The second-order valence-corrected chi connectivity index (χ2v) is 5.25. The van der Waals surface area contributed by atoms with Gasteiger partial charge in [0.25, 0.3) is 5.91 Å². The maximum atomic E-state index is 12.0. The minimum Gasteiger partial charge on any atom is -0.482 e. The molecule has 0 unspecified atom stereocenters. The average molecular weight is 276 g/mol. The first kappa shape index (κ1) is 14.9. The van der Waals surface area contributed by atoms with Crippen LogP contribution < -0.4 is 15.4 Å². The van der Waals surface area contributed by atoms with Gasteiger partial charge in [0.1, 0.15) is 5.75 Å². The summed E-state index contributed by atoms with van der Waals surface area (Å²) < 4.78 is 5.51. The maximum Gasteiger partial charge on any atom is 0.265 e. The van der Waals surface area contributed by atoms with Gasteiger partial charge in [-0.25, -0.2) is 0 Å². The Hall–Kier alpha value is -1.55. The second-order valence-electron chi connectivity index (χ2n) is 5.25. The van der Waals surface area contributed by atoms with E-state index in [1.807, 2.05) is 23.1 Å². The number of amides is 1. The maximum absolute atomic E-state index is 12.0. The molecule has 1 aliphatic heterocycles. The molecule has 1 aromatic rings. The molecule has 1 aromatic carbocycles. The molecule has 4 nitrogen and oxygen atoms in total. The third kappa shape index (κ3) is 3.51. The van der Waals surface area contributed by atoms with Crippen LogP contribution in [0.4, 0.5) is 5.69 Å². The zero-order chi connectivity index (χ0) is 14.4.